The van der Waals surface area contributed by atoms with Crippen LogP contribution in [0.1, 0.15) is 44.9 Å². The third-order valence-electron chi connectivity index (χ3n) is 4.25. The molecule has 15 heavy (non-hydrogen) atoms. The Morgan fingerprint density at radius 2 is 1.80 bits per heavy atom. The van der Waals surface area contributed by atoms with Crippen molar-refractivity contribution in [3.05, 3.63) is 0 Å². The molecule has 2 aliphatic rings. The predicted octanol–water partition coefficient (Wildman–Crippen LogP) is 2.25. The molecule has 0 amide bonds. The first kappa shape index (κ1) is 11.4. The smallest absolute Gasteiger partial charge is 0.0107 e. The summed E-state index contributed by atoms with van der Waals surface area (Å²) in [5.74, 6) is 1.00. The first-order valence-electron chi connectivity index (χ1n) is 6.77. The fourth-order valence-corrected chi connectivity index (χ4v) is 2.79. The summed E-state index contributed by atoms with van der Waals surface area (Å²) in [4.78, 5) is 2.56. The summed E-state index contributed by atoms with van der Waals surface area (Å²) in [6, 6.07) is 0.885. The second kappa shape index (κ2) is 5.86. The van der Waals surface area contributed by atoms with Crippen LogP contribution >= 0.6 is 0 Å². The molecular weight excluding hydrogens is 184 g/mol. The number of hydrogen-bond acceptors (Lipinski definition) is 2. The van der Waals surface area contributed by atoms with Crippen molar-refractivity contribution in [2.45, 2.75) is 51.0 Å². The van der Waals surface area contributed by atoms with Gasteiger partial charge < -0.3 is 10.2 Å². The molecule has 0 spiro atoms. The highest BCUT2D eigenvalue weighted by Gasteiger charge is 2.19. The van der Waals surface area contributed by atoms with E-state index >= 15 is 0 Å². The van der Waals surface area contributed by atoms with E-state index < -0.39 is 0 Å². The SMILES string of the molecule is CN(CCNCC1CCC1)C1CCCC1. The van der Waals surface area contributed by atoms with Crippen molar-refractivity contribution in [3.63, 3.8) is 0 Å². The van der Waals surface area contributed by atoms with E-state index in [9.17, 15) is 0 Å². The summed E-state index contributed by atoms with van der Waals surface area (Å²) in [6.45, 7) is 3.68. The Morgan fingerprint density at radius 3 is 2.40 bits per heavy atom. The zero-order chi connectivity index (χ0) is 10.5. The molecule has 0 aromatic carbocycles. The van der Waals surface area contributed by atoms with Crippen molar-refractivity contribution < 1.29 is 0 Å². The van der Waals surface area contributed by atoms with E-state index in [0.717, 1.165) is 12.0 Å². The Labute approximate surface area is 94.4 Å². The van der Waals surface area contributed by atoms with Crippen molar-refractivity contribution in [3.8, 4) is 0 Å². The largest absolute Gasteiger partial charge is 0.315 e. The van der Waals surface area contributed by atoms with Crippen molar-refractivity contribution >= 4 is 0 Å². The minimum absolute atomic E-state index is 0.885. The molecule has 2 rings (SSSR count). The Bertz CT molecular complexity index is 171. The highest BCUT2D eigenvalue weighted by molar-refractivity contribution is 4.76. The van der Waals surface area contributed by atoms with E-state index in [1.54, 1.807) is 0 Å². The van der Waals surface area contributed by atoms with Crippen LogP contribution in [0.15, 0.2) is 0 Å². The van der Waals surface area contributed by atoms with Crippen LogP contribution in [-0.4, -0.2) is 37.6 Å². The van der Waals surface area contributed by atoms with Crippen molar-refractivity contribution in [2.24, 2.45) is 5.92 Å². The molecule has 2 fully saturated rings. The Balaban J connectivity index is 1.48. The maximum absolute atomic E-state index is 3.60. The van der Waals surface area contributed by atoms with Crippen molar-refractivity contribution in [1.29, 1.82) is 0 Å². The van der Waals surface area contributed by atoms with Crippen LogP contribution in [0.25, 0.3) is 0 Å². The molecule has 0 atom stereocenters. The van der Waals surface area contributed by atoms with Crippen LogP contribution < -0.4 is 5.32 Å². The maximum atomic E-state index is 3.60. The van der Waals surface area contributed by atoms with Crippen LogP contribution in [0, 0.1) is 5.92 Å². The van der Waals surface area contributed by atoms with Gasteiger partial charge in [-0.1, -0.05) is 19.3 Å². The van der Waals surface area contributed by atoms with Gasteiger partial charge in [-0.3, -0.25) is 0 Å². The summed E-state index contributed by atoms with van der Waals surface area (Å²) in [6.07, 6.45) is 10.2. The fraction of sp³-hybridized carbons (Fsp3) is 1.00. The molecule has 0 aromatic rings. The van der Waals surface area contributed by atoms with Gasteiger partial charge in [0.2, 0.25) is 0 Å². The lowest BCUT2D eigenvalue weighted by Gasteiger charge is -2.27. The molecule has 0 saturated heterocycles. The molecular formula is C13H26N2. The summed E-state index contributed by atoms with van der Waals surface area (Å²) in [7, 11) is 2.29. The quantitative estimate of drug-likeness (QED) is 0.676. The molecule has 2 saturated carbocycles. The van der Waals surface area contributed by atoms with Crippen LogP contribution in [-0.2, 0) is 0 Å². The summed E-state index contributed by atoms with van der Waals surface area (Å²) in [5, 5.41) is 3.60. The molecule has 0 heterocycles. The van der Waals surface area contributed by atoms with E-state index in [4.69, 9.17) is 0 Å². The molecule has 2 aliphatic carbocycles. The molecule has 0 bridgehead atoms. The number of rotatable bonds is 6. The lowest BCUT2D eigenvalue weighted by atomic mass is 9.85. The topological polar surface area (TPSA) is 15.3 Å². The predicted molar refractivity (Wildman–Crippen MR) is 65.1 cm³/mol. The van der Waals surface area contributed by atoms with Gasteiger partial charge in [-0.25, -0.2) is 0 Å². The Kier molecular flexibility index (Phi) is 4.45. The second-order valence-corrected chi connectivity index (χ2v) is 5.42. The average molecular weight is 210 g/mol. The van der Waals surface area contributed by atoms with E-state index in [1.807, 2.05) is 0 Å². The van der Waals surface area contributed by atoms with Gasteiger partial charge in [0.05, 0.1) is 0 Å². The summed E-state index contributed by atoms with van der Waals surface area (Å²) in [5.41, 5.74) is 0. The molecule has 0 aromatic heterocycles. The van der Waals surface area contributed by atoms with Crippen molar-refractivity contribution in [1.82, 2.24) is 10.2 Å². The van der Waals surface area contributed by atoms with Crippen LogP contribution in [0.2, 0.25) is 0 Å². The van der Waals surface area contributed by atoms with Gasteiger partial charge in [0, 0.05) is 19.1 Å². The van der Waals surface area contributed by atoms with E-state index in [0.29, 0.717) is 0 Å². The third kappa shape index (κ3) is 3.46. The lowest BCUT2D eigenvalue weighted by Crippen LogP contribution is -2.37. The zero-order valence-electron chi connectivity index (χ0n) is 10.2. The van der Waals surface area contributed by atoms with E-state index in [1.165, 1.54) is 64.6 Å². The van der Waals surface area contributed by atoms with E-state index in [-0.39, 0.29) is 0 Å². The minimum atomic E-state index is 0.885. The molecule has 2 nitrogen and oxygen atoms in total. The van der Waals surface area contributed by atoms with Crippen LogP contribution in [0.5, 0.6) is 0 Å². The fourth-order valence-electron chi connectivity index (χ4n) is 2.79. The first-order chi connectivity index (χ1) is 7.36. The number of likely N-dealkylation sites (N-methyl/N-ethyl adjacent to an activating group) is 1. The Hall–Kier alpha value is -0.0800. The van der Waals surface area contributed by atoms with Crippen LogP contribution in [0.3, 0.4) is 0 Å². The molecule has 0 radical (unpaired) electrons. The minimum Gasteiger partial charge on any atom is -0.315 e. The maximum Gasteiger partial charge on any atom is 0.0107 e. The van der Waals surface area contributed by atoms with Crippen LogP contribution in [0.4, 0.5) is 0 Å². The normalized spacial score (nSPS) is 23.6. The standard InChI is InChI=1S/C13H26N2/c1-15(13-7-2-3-8-13)10-9-14-11-12-5-4-6-12/h12-14H,2-11H2,1H3. The number of hydrogen-bond donors (Lipinski definition) is 1. The summed E-state index contributed by atoms with van der Waals surface area (Å²) < 4.78 is 0. The third-order valence-corrected chi connectivity index (χ3v) is 4.25. The van der Waals surface area contributed by atoms with Gasteiger partial charge in [-0.2, -0.15) is 0 Å². The number of nitrogens with one attached hydrogen (secondary N) is 1. The molecule has 0 unspecified atom stereocenters. The van der Waals surface area contributed by atoms with Gasteiger partial charge >= 0.3 is 0 Å². The summed E-state index contributed by atoms with van der Waals surface area (Å²) >= 11 is 0. The molecule has 88 valence electrons. The molecule has 0 aliphatic heterocycles. The van der Waals surface area contributed by atoms with E-state index in [2.05, 4.69) is 17.3 Å². The first-order valence-corrected chi connectivity index (χ1v) is 6.77. The van der Waals surface area contributed by atoms with Gasteiger partial charge in [-0.05, 0) is 45.2 Å². The second-order valence-electron chi connectivity index (χ2n) is 5.42. The van der Waals surface area contributed by atoms with Gasteiger partial charge in [0.25, 0.3) is 0 Å². The average Bonchev–Trinajstić information content (AvgIpc) is 2.67. The highest BCUT2D eigenvalue weighted by atomic mass is 15.1. The molecule has 1 N–H and O–H groups in total. The monoisotopic (exact) mass is 210 g/mol. The van der Waals surface area contributed by atoms with Gasteiger partial charge in [0.15, 0.2) is 0 Å². The number of nitrogens with zero attached hydrogens (tertiary/aromatic N) is 1. The molecule has 2 heteroatoms. The zero-order valence-corrected chi connectivity index (χ0v) is 10.2. The van der Waals surface area contributed by atoms with Gasteiger partial charge in [-0.15, -0.1) is 0 Å². The Morgan fingerprint density at radius 1 is 1.07 bits per heavy atom. The van der Waals surface area contributed by atoms with Crippen molar-refractivity contribution in [2.75, 3.05) is 26.7 Å². The van der Waals surface area contributed by atoms with Gasteiger partial charge in [0.1, 0.15) is 0 Å². The highest BCUT2D eigenvalue weighted by Crippen LogP contribution is 2.25. The lowest BCUT2D eigenvalue weighted by molar-refractivity contribution is 0.237.